The number of ether oxygens (including phenoxy) is 2. The zero-order chi connectivity index (χ0) is 28.0. The molecule has 0 saturated carbocycles. The molecule has 11 heteroatoms. The van der Waals surface area contributed by atoms with E-state index in [2.05, 4.69) is 0 Å². The average Bonchev–Trinajstić information content (AvgIpc) is 3.40. The molecule has 2 saturated heterocycles. The fourth-order valence-corrected chi connectivity index (χ4v) is 5.52. The van der Waals surface area contributed by atoms with E-state index in [1.54, 1.807) is 19.1 Å². The first-order valence-corrected chi connectivity index (χ1v) is 12.6. The van der Waals surface area contributed by atoms with E-state index >= 15 is 0 Å². The van der Waals surface area contributed by atoms with Crippen LogP contribution in [-0.2, 0) is 19.2 Å². The number of imide groups is 1. The van der Waals surface area contributed by atoms with E-state index in [0.717, 1.165) is 5.57 Å². The number of allylic oxidation sites excluding steroid dienone is 2. The summed E-state index contributed by atoms with van der Waals surface area (Å²) in [5.41, 5.74) is 2.32. The minimum Gasteiger partial charge on any atom is -0.494 e. The normalized spacial score (nSPS) is 22.6. The molecule has 0 bridgehead atoms. The summed E-state index contributed by atoms with van der Waals surface area (Å²) in [6, 6.07) is 8.62. The van der Waals surface area contributed by atoms with Gasteiger partial charge in [-0.05, 0) is 56.5 Å². The highest BCUT2D eigenvalue weighted by Gasteiger charge is 2.49. The average molecular weight is 534 g/mol. The maximum atomic E-state index is 13.1. The number of nitro benzene ring substituents is 1. The Balaban J connectivity index is 1.28. The number of non-ortho nitro benzene ring substituents is 1. The standard InChI is InChI=1S/C28H27N3O8/c1-15-4-7-20-21(10-15)27(34)30(26(20)33)22-9-6-19(11-16(22)2)39-28(35)17-12-25(32)29(14-17)23-8-5-18(31(36)37)13-24(23)38-3/h4-6,8-9,11,13,17,20-21H,7,10,12,14H2,1-3H3/t17-,20-,21-/m1/s1. The Morgan fingerprint density at radius 3 is 2.41 bits per heavy atom. The lowest BCUT2D eigenvalue weighted by Crippen LogP contribution is -2.31. The van der Waals surface area contributed by atoms with Gasteiger partial charge in [0.15, 0.2) is 0 Å². The molecule has 0 radical (unpaired) electrons. The molecular formula is C28H27N3O8. The molecule has 1 aliphatic carbocycles. The Morgan fingerprint density at radius 2 is 1.72 bits per heavy atom. The first-order chi connectivity index (χ1) is 18.6. The Labute approximate surface area is 224 Å². The molecule has 3 amide bonds. The highest BCUT2D eigenvalue weighted by molar-refractivity contribution is 6.22. The molecule has 2 aliphatic heterocycles. The molecule has 5 rings (SSSR count). The molecule has 0 N–H and O–H groups in total. The maximum absolute atomic E-state index is 13.1. The van der Waals surface area contributed by atoms with Crippen molar-refractivity contribution in [1.82, 2.24) is 0 Å². The summed E-state index contributed by atoms with van der Waals surface area (Å²) in [6.45, 7) is 3.72. The molecule has 2 fully saturated rings. The first-order valence-electron chi connectivity index (χ1n) is 12.6. The molecular weight excluding hydrogens is 506 g/mol. The summed E-state index contributed by atoms with van der Waals surface area (Å²) in [5.74, 6) is -2.47. The first kappa shape index (κ1) is 26.1. The molecule has 2 heterocycles. The summed E-state index contributed by atoms with van der Waals surface area (Å²) in [6.07, 6.45) is 3.04. The smallest absolute Gasteiger partial charge is 0.316 e. The van der Waals surface area contributed by atoms with Gasteiger partial charge in [-0.25, -0.2) is 4.90 Å². The molecule has 202 valence electrons. The van der Waals surface area contributed by atoms with Gasteiger partial charge in [0.1, 0.15) is 11.5 Å². The number of fused-ring (bicyclic) bond motifs is 1. The third kappa shape index (κ3) is 4.64. The van der Waals surface area contributed by atoms with Crippen molar-refractivity contribution >= 4 is 40.8 Å². The second-order valence-electron chi connectivity index (χ2n) is 10.1. The van der Waals surface area contributed by atoms with Crippen LogP contribution in [0.25, 0.3) is 0 Å². The van der Waals surface area contributed by atoms with Crippen LogP contribution in [0.3, 0.4) is 0 Å². The van der Waals surface area contributed by atoms with E-state index in [-0.39, 0.29) is 59.7 Å². The van der Waals surface area contributed by atoms with E-state index in [1.165, 1.54) is 41.2 Å². The van der Waals surface area contributed by atoms with Gasteiger partial charge in [0.25, 0.3) is 5.69 Å². The molecule has 0 unspecified atom stereocenters. The summed E-state index contributed by atoms with van der Waals surface area (Å²) < 4.78 is 10.8. The SMILES string of the molecule is COc1cc([N+](=O)[O-])ccc1N1C[C@H](C(=O)Oc2ccc(N3C(=O)[C@@H]4CC=C(C)C[C@H]4C3=O)c(C)c2)CC1=O. The van der Waals surface area contributed by atoms with Crippen LogP contribution in [-0.4, -0.2) is 42.3 Å². The number of carbonyl (C=O) groups excluding carboxylic acids is 4. The van der Waals surface area contributed by atoms with Crippen molar-refractivity contribution in [3.05, 3.63) is 63.7 Å². The predicted molar refractivity (Wildman–Crippen MR) is 139 cm³/mol. The van der Waals surface area contributed by atoms with Crippen LogP contribution in [0.2, 0.25) is 0 Å². The molecule has 0 aromatic heterocycles. The van der Waals surface area contributed by atoms with Crippen LogP contribution in [0.5, 0.6) is 11.5 Å². The number of hydrogen-bond donors (Lipinski definition) is 0. The number of nitrogens with zero attached hydrogens (tertiary/aromatic N) is 3. The third-order valence-electron chi connectivity index (χ3n) is 7.57. The Kier molecular flexibility index (Phi) is 6.67. The molecule has 2 aromatic rings. The van der Waals surface area contributed by atoms with Gasteiger partial charge in [-0.2, -0.15) is 0 Å². The number of amides is 3. The van der Waals surface area contributed by atoms with Crippen LogP contribution in [0.15, 0.2) is 48.0 Å². The monoisotopic (exact) mass is 533 g/mol. The van der Waals surface area contributed by atoms with Gasteiger partial charge < -0.3 is 14.4 Å². The largest absolute Gasteiger partial charge is 0.494 e. The van der Waals surface area contributed by atoms with Crippen molar-refractivity contribution in [2.45, 2.75) is 33.1 Å². The van der Waals surface area contributed by atoms with Crippen LogP contribution in [0.1, 0.15) is 31.7 Å². The van der Waals surface area contributed by atoms with Crippen molar-refractivity contribution in [3.63, 3.8) is 0 Å². The Morgan fingerprint density at radius 1 is 1.00 bits per heavy atom. The fraction of sp³-hybridized carbons (Fsp3) is 0.357. The van der Waals surface area contributed by atoms with Gasteiger partial charge in [0.2, 0.25) is 17.7 Å². The maximum Gasteiger partial charge on any atom is 0.316 e. The predicted octanol–water partition coefficient (Wildman–Crippen LogP) is 3.72. The van der Waals surface area contributed by atoms with Crippen LogP contribution >= 0.6 is 0 Å². The van der Waals surface area contributed by atoms with Crippen LogP contribution < -0.4 is 19.3 Å². The highest BCUT2D eigenvalue weighted by Crippen LogP contribution is 2.41. The van der Waals surface area contributed by atoms with Crippen molar-refractivity contribution < 1.29 is 33.6 Å². The molecule has 2 aromatic carbocycles. The number of aryl methyl sites for hydroxylation is 1. The van der Waals surface area contributed by atoms with E-state index in [0.29, 0.717) is 29.8 Å². The van der Waals surface area contributed by atoms with E-state index in [1.807, 2.05) is 13.0 Å². The topological polar surface area (TPSA) is 136 Å². The van der Waals surface area contributed by atoms with Gasteiger partial charge >= 0.3 is 5.97 Å². The number of rotatable bonds is 6. The van der Waals surface area contributed by atoms with Crippen LogP contribution in [0.4, 0.5) is 17.1 Å². The second kappa shape index (κ2) is 9.97. The van der Waals surface area contributed by atoms with E-state index in [4.69, 9.17) is 9.47 Å². The summed E-state index contributed by atoms with van der Waals surface area (Å²) in [4.78, 5) is 64.9. The molecule has 3 aliphatic rings. The van der Waals surface area contributed by atoms with E-state index < -0.39 is 16.8 Å². The number of benzene rings is 2. The number of carbonyl (C=O) groups is 4. The quantitative estimate of drug-likeness (QED) is 0.137. The minimum absolute atomic E-state index is 0.0237. The number of anilines is 2. The van der Waals surface area contributed by atoms with Crippen molar-refractivity contribution in [3.8, 4) is 11.5 Å². The lowest BCUT2D eigenvalue weighted by Gasteiger charge is -2.19. The summed E-state index contributed by atoms with van der Waals surface area (Å²) in [7, 11) is 1.34. The summed E-state index contributed by atoms with van der Waals surface area (Å²) >= 11 is 0. The van der Waals surface area contributed by atoms with E-state index in [9.17, 15) is 29.3 Å². The minimum atomic E-state index is -0.766. The lowest BCUT2D eigenvalue weighted by atomic mass is 9.82. The number of hydrogen-bond acceptors (Lipinski definition) is 8. The number of methoxy groups -OCH3 is 1. The number of nitro groups is 1. The van der Waals surface area contributed by atoms with Gasteiger partial charge in [-0.1, -0.05) is 11.6 Å². The second-order valence-corrected chi connectivity index (χ2v) is 10.1. The summed E-state index contributed by atoms with van der Waals surface area (Å²) in [5, 5.41) is 11.1. The molecule has 0 spiro atoms. The molecule has 3 atom stereocenters. The van der Waals surface area contributed by atoms with Crippen molar-refractivity contribution in [1.29, 1.82) is 0 Å². The van der Waals surface area contributed by atoms with Gasteiger partial charge in [0.05, 0.1) is 47.2 Å². The third-order valence-corrected chi connectivity index (χ3v) is 7.57. The fourth-order valence-electron chi connectivity index (χ4n) is 5.52. The zero-order valence-corrected chi connectivity index (χ0v) is 21.7. The number of esters is 1. The van der Waals surface area contributed by atoms with Crippen LogP contribution in [0, 0.1) is 34.8 Å². The van der Waals surface area contributed by atoms with Gasteiger partial charge in [-0.3, -0.25) is 29.3 Å². The highest BCUT2D eigenvalue weighted by atomic mass is 16.6. The van der Waals surface area contributed by atoms with Crippen molar-refractivity contribution in [2.75, 3.05) is 23.5 Å². The lowest BCUT2D eigenvalue weighted by molar-refractivity contribution is -0.384. The molecule has 39 heavy (non-hydrogen) atoms. The molecule has 11 nitrogen and oxygen atoms in total. The van der Waals surface area contributed by atoms with Gasteiger partial charge in [-0.15, -0.1) is 0 Å². The Bertz CT molecular complexity index is 1450. The van der Waals surface area contributed by atoms with Gasteiger partial charge in [0, 0.05) is 19.0 Å². The zero-order valence-electron chi connectivity index (χ0n) is 21.7. The Hall–Kier alpha value is -4.54. The van der Waals surface area contributed by atoms with Crippen molar-refractivity contribution in [2.24, 2.45) is 17.8 Å².